The molecule has 0 radical (unpaired) electrons. The average molecular weight is 342 g/mol. The molecule has 1 aliphatic rings. The Morgan fingerprint density at radius 2 is 1.75 bits per heavy atom. The lowest BCUT2D eigenvalue weighted by atomic mass is 9.92. The minimum Gasteiger partial charge on any atom is -0.383 e. The third-order valence-corrected chi connectivity index (χ3v) is 4.97. The second-order valence-electron chi connectivity index (χ2n) is 5.90. The molecule has 1 aliphatic carbocycles. The molecule has 2 rings (SSSR count). The van der Waals surface area contributed by atoms with E-state index < -0.39 is 0 Å². The van der Waals surface area contributed by atoms with Gasteiger partial charge in [-0.05, 0) is 34.7 Å². The molecule has 0 aromatic carbocycles. The van der Waals surface area contributed by atoms with Crippen LogP contribution in [-0.2, 0) is 10.3 Å². The summed E-state index contributed by atoms with van der Waals surface area (Å²) in [6.07, 6.45) is 6.78. The van der Waals surface area contributed by atoms with Crippen molar-refractivity contribution in [3.05, 3.63) is 16.0 Å². The van der Waals surface area contributed by atoms with E-state index in [1.165, 1.54) is 12.8 Å². The van der Waals surface area contributed by atoms with Gasteiger partial charge < -0.3 is 10.5 Å². The number of rotatable bonds is 3. The van der Waals surface area contributed by atoms with Crippen LogP contribution in [-0.4, -0.2) is 17.1 Å². The van der Waals surface area contributed by atoms with E-state index in [2.05, 4.69) is 34.8 Å². The number of nitrogen functional groups attached to an aromatic ring is 1. The maximum atomic E-state index is 6.07. The molecule has 0 spiro atoms. The summed E-state index contributed by atoms with van der Waals surface area (Å²) in [5, 5.41) is 0. The molecule has 0 saturated heterocycles. The zero-order valence-corrected chi connectivity index (χ0v) is 14.2. The lowest BCUT2D eigenvalue weighted by Crippen LogP contribution is -2.31. The van der Waals surface area contributed by atoms with Crippen molar-refractivity contribution < 1.29 is 4.74 Å². The van der Waals surface area contributed by atoms with Gasteiger partial charge in [0.1, 0.15) is 11.4 Å². The molecule has 0 bridgehead atoms. The van der Waals surface area contributed by atoms with E-state index in [0.717, 1.165) is 41.7 Å². The summed E-state index contributed by atoms with van der Waals surface area (Å²) in [4.78, 5) is 9.30. The van der Waals surface area contributed by atoms with Crippen LogP contribution in [0.3, 0.4) is 0 Å². The minimum absolute atomic E-state index is 0.299. The number of anilines is 1. The zero-order valence-electron chi connectivity index (χ0n) is 12.6. The highest BCUT2D eigenvalue weighted by Crippen LogP contribution is 2.39. The predicted molar refractivity (Wildman–Crippen MR) is 84.6 cm³/mol. The van der Waals surface area contributed by atoms with Crippen LogP contribution in [0.1, 0.15) is 69.8 Å². The number of methoxy groups -OCH3 is 1. The summed E-state index contributed by atoms with van der Waals surface area (Å²) in [5.41, 5.74) is 6.66. The normalized spacial score (nSPS) is 19.1. The number of nitrogens with zero attached hydrogens (tertiary/aromatic N) is 2. The molecule has 4 nitrogen and oxygen atoms in total. The molecule has 112 valence electrons. The molecular weight excluding hydrogens is 318 g/mol. The van der Waals surface area contributed by atoms with Gasteiger partial charge in [-0.3, -0.25) is 0 Å². The lowest BCUT2D eigenvalue weighted by Gasteiger charge is -2.30. The van der Waals surface area contributed by atoms with Crippen LogP contribution in [0.4, 0.5) is 5.82 Å². The molecule has 1 aromatic heterocycles. The van der Waals surface area contributed by atoms with Gasteiger partial charge in [-0.1, -0.05) is 39.5 Å². The molecule has 0 atom stereocenters. The highest BCUT2D eigenvalue weighted by atomic mass is 79.9. The van der Waals surface area contributed by atoms with Gasteiger partial charge in [0, 0.05) is 7.11 Å². The van der Waals surface area contributed by atoms with Crippen LogP contribution in [0.5, 0.6) is 0 Å². The molecule has 1 aromatic rings. The molecule has 20 heavy (non-hydrogen) atoms. The first-order valence-corrected chi connectivity index (χ1v) is 8.18. The van der Waals surface area contributed by atoms with Gasteiger partial charge in [0.15, 0.2) is 5.82 Å². The largest absolute Gasteiger partial charge is 0.383 e. The number of halogens is 1. The molecule has 5 heteroatoms. The van der Waals surface area contributed by atoms with Gasteiger partial charge in [-0.2, -0.15) is 0 Å². The van der Waals surface area contributed by atoms with E-state index in [-0.39, 0.29) is 5.60 Å². The van der Waals surface area contributed by atoms with Crippen molar-refractivity contribution in [1.82, 2.24) is 9.97 Å². The van der Waals surface area contributed by atoms with Crippen molar-refractivity contribution in [2.75, 3.05) is 12.8 Å². The molecule has 2 N–H and O–H groups in total. The molecule has 0 amide bonds. The predicted octanol–water partition coefficient (Wildman–Crippen LogP) is 4.14. The van der Waals surface area contributed by atoms with Crippen LogP contribution < -0.4 is 5.73 Å². The Balaban J connectivity index is 2.48. The van der Waals surface area contributed by atoms with Crippen molar-refractivity contribution in [3.8, 4) is 0 Å². The molecule has 1 heterocycles. The van der Waals surface area contributed by atoms with Crippen molar-refractivity contribution in [2.45, 2.75) is 63.9 Å². The fourth-order valence-corrected chi connectivity index (χ4v) is 3.52. The van der Waals surface area contributed by atoms with Crippen LogP contribution >= 0.6 is 15.9 Å². The third kappa shape index (κ3) is 2.98. The summed E-state index contributed by atoms with van der Waals surface area (Å²) >= 11 is 3.50. The first-order chi connectivity index (χ1) is 9.50. The monoisotopic (exact) mass is 341 g/mol. The number of nitrogens with two attached hydrogens (primary N) is 1. The van der Waals surface area contributed by atoms with E-state index in [4.69, 9.17) is 15.5 Å². The summed E-state index contributed by atoms with van der Waals surface area (Å²) in [6, 6.07) is 0. The van der Waals surface area contributed by atoms with E-state index in [9.17, 15) is 0 Å². The molecular formula is C15H24BrN3O. The van der Waals surface area contributed by atoms with E-state index in [1.807, 2.05) is 0 Å². The Bertz CT molecular complexity index is 468. The maximum Gasteiger partial charge on any atom is 0.162 e. The number of hydrogen-bond donors (Lipinski definition) is 1. The second kappa shape index (κ2) is 6.39. The quantitative estimate of drug-likeness (QED) is 0.839. The van der Waals surface area contributed by atoms with Crippen LogP contribution in [0, 0.1) is 0 Å². The smallest absolute Gasteiger partial charge is 0.162 e. The van der Waals surface area contributed by atoms with Crippen molar-refractivity contribution in [3.63, 3.8) is 0 Å². The second-order valence-corrected chi connectivity index (χ2v) is 6.69. The molecule has 1 fully saturated rings. The van der Waals surface area contributed by atoms with E-state index in [0.29, 0.717) is 11.7 Å². The van der Waals surface area contributed by atoms with Gasteiger partial charge in [0.05, 0.1) is 10.2 Å². The Morgan fingerprint density at radius 3 is 2.25 bits per heavy atom. The maximum absolute atomic E-state index is 6.07. The van der Waals surface area contributed by atoms with Gasteiger partial charge in [-0.15, -0.1) is 0 Å². The highest BCUT2D eigenvalue weighted by Gasteiger charge is 2.36. The first-order valence-electron chi connectivity index (χ1n) is 7.38. The van der Waals surface area contributed by atoms with Crippen molar-refractivity contribution >= 4 is 21.7 Å². The topological polar surface area (TPSA) is 61.0 Å². The minimum atomic E-state index is -0.366. The van der Waals surface area contributed by atoms with Gasteiger partial charge in [-0.25, -0.2) is 9.97 Å². The SMILES string of the molecule is COC1(c2nc(N)c(Br)c(C(C)C)n2)CCCCCC1. The average Bonchev–Trinajstić information content (AvgIpc) is 2.67. The van der Waals surface area contributed by atoms with Gasteiger partial charge in [0.2, 0.25) is 0 Å². The number of aromatic nitrogens is 2. The standard InChI is InChI=1S/C15H24BrN3O/c1-10(2)12-11(16)13(17)19-14(18-12)15(20-3)8-6-4-5-7-9-15/h10H,4-9H2,1-3H3,(H2,17,18,19). The Hall–Kier alpha value is -0.680. The fraction of sp³-hybridized carbons (Fsp3) is 0.733. The lowest BCUT2D eigenvalue weighted by molar-refractivity contribution is -0.0352. The Kier molecular flexibility index (Phi) is 5.02. The molecule has 0 aliphatic heterocycles. The number of ether oxygens (including phenoxy) is 1. The van der Waals surface area contributed by atoms with Crippen LogP contribution in [0.2, 0.25) is 0 Å². The van der Waals surface area contributed by atoms with Crippen molar-refractivity contribution in [1.29, 1.82) is 0 Å². The summed E-state index contributed by atoms with van der Waals surface area (Å²) in [7, 11) is 1.77. The number of hydrogen-bond acceptors (Lipinski definition) is 4. The third-order valence-electron chi connectivity index (χ3n) is 4.16. The van der Waals surface area contributed by atoms with Crippen molar-refractivity contribution in [2.24, 2.45) is 0 Å². The van der Waals surface area contributed by atoms with Crippen LogP contribution in [0.15, 0.2) is 4.47 Å². The molecule has 1 saturated carbocycles. The Labute approximate surface area is 129 Å². The van der Waals surface area contributed by atoms with Crippen LogP contribution in [0.25, 0.3) is 0 Å². The zero-order chi connectivity index (χ0) is 14.8. The highest BCUT2D eigenvalue weighted by molar-refractivity contribution is 9.10. The summed E-state index contributed by atoms with van der Waals surface area (Å²) in [5.74, 6) is 1.57. The van der Waals surface area contributed by atoms with Gasteiger partial charge in [0.25, 0.3) is 0 Å². The summed E-state index contributed by atoms with van der Waals surface area (Å²) < 4.78 is 6.69. The fourth-order valence-electron chi connectivity index (χ4n) is 2.89. The first kappa shape index (κ1) is 15.7. The summed E-state index contributed by atoms with van der Waals surface area (Å²) in [6.45, 7) is 4.23. The van der Waals surface area contributed by atoms with E-state index in [1.54, 1.807) is 7.11 Å². The Morgan fingerprint density at radius 1 is 1.15 bits per heavy atom. The van der Waals surface area contributed by atoms with Gasteiger partial charge >= 0.3 is 0 Å². The van der Waals surface area contributed by atoms with E-state index >= 15 is 0 Å². The molecule has 0 unspecified atom stereocenters.